The molecule has 1 heterocycles. The van der Waals surface area contributed by atoms with Crippen LogP contribution in [0.5, 0.6) is 0 Å². The monoisotopic (exact) mass is 230 g/mol. The second kappa shape index (κ2) is 4.09. The van der Waals surface area contributed by atoms with E-state index in [0.717, 1.165) is 18.9 Å². The topological polar surface area (TPSA) is 9.23 Å². The first-order chi connectivity index (χ1) is 7.47. The smallest absolute Gasteiger partial charge is 0.371 e. The predicted octanol–water partition coefficient (Wildman–Crippen LogP) is 3.95. The Balaban J connectivity index is 2.23. The van der Waals surface area contributed by atoms with E-state index < -0.39 is 11.7 Å². The molecule has 0 saturated carbocycles. The molecule has 0 aromatic heterocycles. The molecule has 0 spiro atoms. The standard InChI is InChI=1S/C12H13F3O/c1-8-5-6-11(16-8)9-3-2-4-10(7-9)12(13,14)15/h2-4,7-8,11H,5-6H2,1H3. The lowest BCUT2D eigenvalue weighted by atomic mass is 10.0. The van der Waals surface area contributed by atoms with Crippen molar-refractivity contribution in [2.75, 3.05) is 0 Å². The summed E-state index contributed by atoms with van der Waals surface area (Å²) in [5.74, 6) is 0. The molecule has 1 aliphatic rings. The van der Waals surface area contributed by atoms with Gasteiger partial charge in [-0.1, -0.05) is 12.1 Å². The van der Waals surface area contributed by atoms with Gasteiger partial charge in [0.05, 0.1) is 17.8 Å². The van der Waals surface area contributed by atoms with E-state index in [1.165, 1.54) is 12.1 Å². The molecule has 1 saturated heterocycles. The highest BCUT2D eigenvalue weighted by Gasteiger charge is 2.32. The van der Waals surface area contributed by atoms with E-state index in [4.69, 9.17) is 4.74 Å². The van der Waals surface area contributed by atoms with Gasteiger partial charge in [0.15, 0.2) is 0 Å². The maximum absolute atomic E-state index is 12.5. The van der Waals surface area contributed by atoms with E-state index in [9.17, 15) is 13.2 Å². The molecule has 1 nitrogen and oxygen atoms in total. The van der Waals surface area contributed by atoms with Gasteiger partial charge in [-0.05, 0) is 37.5 Å². The van der Waals surface area contributed by atoms with Crippen LogP contribution in [0.3, 0.4) is 0 Å². The summed E-state index contributed by atoms with van der Waals surface area (Å²) < 4.78 is 43.0. The fourth-order valence-electron chi connectivity index (χ4n) is 1.96. The Morgan fingerprint density at radius 1 is 1.25 bits per heavy atom. The number of hydrogen-bond donors (Lipinski definition) is 0. The van der Waals surface area contributed by atoms with Crippen LogP contribution in [0.2, 0.25) is 0 Å². The lowest BCUT2D eigenvalue weighted by molar-refractivity contribution is -0.137. The summed E-state index contributed by atoms with van der Waals surface area (Å²) in [6.07, 6.45) is -2.62. The van der Waals surface area contributed by atoms with Crippen LogP contribution < -0.4 is 0 Å². The van der Waals surface area contributed by atoms with Crippen LogP contribution in [-0.2, 0) is 10.9 Å². The van der Waals surface area contributed by atoms with Crippen molar-refractivity contribution in [3.8, 4) is 0 Å². The van der Waals surface area contributed by atoms with Gasteiger partial charge in [-0.15, -0.1) is 0 Å². The van der Waals surface area contributed by atoms with Crippen molar-refractivity contribution in [1.82, 2.24) is 0 Å². The molecule has 1 aliphatic heterocycles. The molecule has 1 fully saturated rings. The Labute approximate surface area is 92.2 Å². The Morgan fingerprint density at radius 3 is 2.56 bits per heavy atom. The highest BCUT2D eigenvalue weighted by Crippen LogP contribution is 2.35. The number of ether oxygens (including phenoxy) is 1. The minimum atomic E-state index is -4.28. The van der Waals surface area contributed by atoms with E-state index in [0.29, 0.717) is 5.56 Å². The molecule has 2 rings (SSSR count). The Morgan fingerprint density at radius 2 is 2.00 bits per heavy atom. The molecule has 2 atom stereocenters. The lowest BCUT2D eigenvalue weighted by Crippen LogP contribution is -2.07. The zero-order valence-corrected chi connectivity index (χ0v) is 8.92. The summed E-state index contributed by atoms with van der Waals surface area (Å²) in [4.78, 5) is 0. The zero-order chi connectivity index (χ0) is 11.8. The fourth-order valence-corrected chi connectivity index (χ4v) is 1.96. The number of rotatable bonds is 1. The number of alkyl halides is 3. The summed E-state index contributed by atoms with van der Waals surface area (Å²) in [6, 6.07) is 5.40. The average molecular weight is 230 g/mol. The third-order valence-corrected chi connectivity index (χ3v) is 2.82. The average Bonchev–Trinajstić information content (AvgIpc) is 2.64. The van der Waals surface area contributed by atoms with E-state index in [2.05, 4.69) is 0 Å². The van der Waals surface area contributed by atoms with Gasteiger partial charge in [-0.25, -0.2) is 0 Å². The molecular weight excluding hydrogens is 217 g/mol. The van der Waals surface area contributed by atoms with E-state index in [-0.39, 0.29) is 12.2 Å². The van der Waals surface area contributed by atoms with Crippen LogP contribution in [-0.4, -0.2) is 6.10 Å². The molecule has 0 N–H and O–H groups in total. The first-order valence-electron chi connectivity index (χ1n) is 5.29. The maximum Gasteiger partial charge on any atom is 0.416 e. The Bertz CT molecular complexity index is 373. The zero-order valence-electron chi connectivity index (χ0n) is 8.92. The Hall–Kier alpha value is -1.03. The van der Waals surface area contributed by atoms with Gasteiger partial charge in [-0.2, -0.15) is 13.2 Å². The third kappa shape index (κ3) is 2.38. The highest BCUT2D eigenvalue weighted by atomic mass is 19.4. The van der Waals surface area contributed by atoms with Gasteiger partial charge < -0.3 is 4.74 Å². The van der Waals surface area contributed by atoms with Crippen molar-refractivity contribution in [3.05, 3.63) is 35.4 Å². The van der Waals surface area contributed by atoms with Crippen LogP contribution in [0.1, 0.15) is 37.0 Å². The Kier molecular flexibility index (Phi) is 2.93. The molecule has 4 heteroatoms. The maximum atomic E-state index is 12.5. The minimum absolute atomic E-state index is 0.138. The second-order valence-corrected chi connectivity index (χ2v) is 4.14. The van der Waals surface area contributed by atoms with Gasteiger partial charge in [0.25, 0.3) is 0 Å². The van der Waals surface area contributed by atoms with Crippen molar-refractivity contribution in [2.45, 2.75) is 38.1 Å². The predicted molar refractivity (Wildman–Crippen MR) is 54.0 cm³/mol. The van der Waals surface area contributed by atoms with Gasteiger partial charge in [0.2, 0.25) is 0 Å². The summed E-state index contributed by atoms with van der Waals surface area (Å²) >= 11 is 0. The van der Waals surface area contributed by atoms with E-state index >= 15 is 0 Å². The van der Waals surface area contributed by atoms with Gasteiger partial charge >= 0.3 is 6.18 Å². The first-order valence-corrected chi connectivity index (χ1v) is 5.29. The summed E-state index contributed by atoms with van der Waals surface area (Å²) in [5, 5.41) is 0. The first kappa shape index (κ1) is 11.5. The van der Waals surface area contributed by atoms with E-state index in [1.807, 2.05) is 6.92 Å². The number of benzene rings is 1. The van der Waals surface area contributed by atoms with Crippen molar-refractivity contribution in [2.24, 2.45) is 0 Å². The van der Waals surface area contributed by atoms with Gasteiger partial charge in [-0.3, -0.25) is 0 Å². The fraction of sp³-hybridized carbons (Fsp3) is 0.500. The van der Waals surface area contributed by atoms with Crippen LogP contribution in [0.15, 0.2) is 24.3 Å². The summed E-state index contributed by atoms with van der Waals surface area (Å²) in [7, 11) is 0. The number of hydrogen-bond acceptors (Lipinski definition) is 1. The van der Waals surface area contributed by atoms with E-state index in [1.54, 1.807) is 6.07 Å². The summed E-state index contributed by atoms with van der Waals surface area (Å²) in [6.45, 7) is 1.94. The van der Waals surface area contributed by atoms with Crippen molar-refractivity contribution < 1.29 is 17.9 Å². The largest absolute Gasteiger partial charge is 0.416 e. The summed E-state index contributed by atoms with van der Waals surface area (Å²) in [5.41, 5.74) is 0.0207. The van der Waals surface area contributed by atoms with Crippen LogP contribution in [0.4, 0.5) is 13.2 Å². The molecule has 1 aromatic rings. The minimum Gasteiger partial charge on any atom is -0.371 e. The van der Waals surface area contributed by atoms with Crippen molar-refractivity contribution in [1.29, 1.82) is 0 Å². The molecular formula is C12H13F3O. The van der Waals surface area contributed by atoms with Gasteiger partial charge in [0, 0.05) is 0 Å². The lowest BCUT2D eigenvalue weighted by Gasteiger charge is -2.14. The molecule has 0 aliphatic carbocycles. The molecule has 1 aromatic carbocycles. The van der Waals surface area contributed by atoms with Crippen molar-refractivity contribution >= 4 is 0 Å². The molecule has 2 unspecified atom stereocenters. The number of halogens is 3. The molecule has 0 bridgehead atoms. The third-order valence-electron chi connectivity index (χ3n) is 2.82. The second-order valence-electron chi connectivity index (χ2n) is 4.14. The normalized spacial score (nSPS) is 26.0. The van der Waals surface area contributed by atoms with Crippen molar-refractivity contribution in [3.63, 3.8) is 0 Å². The van der Waals surface area contributed by atoms with Crippen LogP contribution in [0.25, 0.3) is 0 Å². The molecule has 16 heavy (non-hydrogen) atoms. The molecule has 0 radical (unpaired) electrons. The quantitative estimate of drug-likeness (QED) is 0.709. The van der Waals surface area contributed by atoms with Crippen LogP contribution in [0, 0.1) is 0 Å². The highest BCUT2D eigenvalue weighted by molar-refractivity contribution is 5.27. The van der Waals surface area contributed by atoms with Crippen LogP contribution >= 0.6 is 0 Å². The van der Waals surface area contributed by atoms with Gasteiger partial charge in [0.1, 0.15) is 0 Å². The molecule has 88 valence electrons. The molecule has 0 amide bonds. The SMILES string of the molecule is CC1CCC(c2cccc(C(F)(F)F)c2)O1.